The zero-order valence-corrected chi connectivity index (χ0v) is 13.6. The van der Waals surface area contributed by atoms with E-state index in [-0.39, 0.29) is 6.10 Å². The molecule has 2 heterocycles. The lowest BCUT2D eigenvalue weighted by Crippen LogP contribution is -2.45. The minimum Gasteiger partial charge on any atom is -0.385 e. The molecule has 0 radical (unpaired) electrons. The van der Waals surface area contributed by atoms with Gasteiger partial charge in [0.1, 0.15) is 11.9 Å². The van der Waals surface area contributed by atoms with Crippen LogP contribution in [0, 0.1) is 0 Å². The van der Waals surface area contributed by atoms with Crippen molar-refractivity contribution in [3.05, 3.63) is 60.2 Å². The number of hydrogen-bond donors (Lipinski definition) is 2. The van der Waals surface area contributed by atoms with E-state index >= 15 is 0 Å². The Balaban J connectivity index is 1.55. The first kappa shape index (κ1) is 15.4. The van der Waals surface area contributed by atoms with Crippen molar-refractivity contribution in [1.82, 2.24) is 5.32 Å². The summed E-state index contributed by atoms with van der Waals surface area (Å²) < 4.78 is 5.82. The lowest BCUT2D eigenvalue weighted by molar-refractivity contribution is -0.0868. The van der Waals surface area contributed by atoms with Gasteiger partial charge >= 0.3 is 0 Å². The standard InChI is InChI=1S/C20H22N2O2/c23-20(10-13-24-18(14-20)19-21-11-12-22-19)17-8-6-16(7-9-17)15-4-2-1-3-5-15/h1-9,18,23H,10-14H2,(H,21,22). The minimum atomic E-state index is -0.856. The molecule has 0 aromatic heterocycles. The first-order chi connectivity index (χ1) is 11.7. The van der Waals surface area contributed by atoms with Gasteiger partial charge in [-0.1, -0.05) is 54.6 Å². The van der Waals surface area contributed by atoms with Crippen molar-refractivity contribution in [2.45, 2.75) is 24.5 Å². The predicted octanol–water partition coefficient (Wildman–Crippen LogP) is 2.72. The summed E-state index contributed by atoms with van der Waals surface area (Å²) >= 11 is 0. The quantitative estimate of drug-likeness (QED) is 0.913. The molecule has 0 aliphatic carbocycles. The van der Waals surface area contributed by atoms with Crippen molar-refractivity contribution in [3.8, 4) is 11.1 Å². The Kier molecular flexibility index (Phi) is 4.08. The lowest BCUT2D eigenvalue weighted by Gasteiger charge is -2.37. The average Bonchev–Trinajstić information content (AvgIpc) is 3.17. The Hall–Kier alpha value is -2.17. The van der Waals surface area contributed by atoms with Crippen molar-refractivity contribution in [2.75, 3.05) is 19.7 Å². The van der Waals surface area contributed by atoms with Crippen LogP contribution in [0.2, 0.25) is 0 Å². The Morgan fingerprint density at radius 3 is 2.50 bits per heavy atom. The molecule has 2 aliphatic heterocycles. The Morgan fingerprint density at radius 1 is 1.04 bits per heavy atom. The molecular formula is C20H22N2O2. The van der Waals surface area contributed by atoms with Gasteiger partial charge in [0.25, 0.3) is 0 Å². The number of nitrogens with zero attached hydrogens (tertiary/aromatic N) is 1. The summed E-state index contributed by atoms with van der Waals surface area (Å²) in [6.07, 6.45) is 1.02. The van der Waals surface area contributed by atoms with Gasteiger partial charge in [-0.2, -0.15) is 0 Å². The SMILES string of the molecule is OC1(c2ccc(-c3ccccc3)cc2)CCOC(C2=NCCN2)C1. The first-order valence-electron chi connectivity index (χ1n) is 8.53. The Labute approximate surface area is 142 Å². The number of aliphatic imine (C=N–C) groups is 1. The van der Waals surface area contributed by atoms with E-state index in [1.165, 1.54) is 5.56 Å². The molecule has 0 bridgehead atoms. The summed E-state index contributed by atoms with van der Waals surface area (Å²) in [7, 11) is 0. The molecule has 24 heavy (non-hydrogen) atoms. The predicted molar refractivity (Wildman–Crippen MR) is 95.1 cm³/mol. The van der Waals surface area contributed by atoms with E-state index in [4.69, 9.17) is 4.74 Å². The van der Waals surface area contributed by atoms with E-state index < -0.39 is 5.60 Å². The van der Waals surface area contributed by atoms with Crippen LogP contribution >= 0.6 is 0 Å². The highest BCUT2D eigenvalue weighted by Gasteiger charge is 2.39. The molecule has 2 aromatic rings. The van der Waals surface area contributed by atoms with Gasteiger partial charge < -0.3 is 15.2 Å². The van der Waals surface area contributed by atoms with Gasteiger partial charge in [0.15, 0.2) is 0 Å². The summed E-state index contributed by atoms with van der Waals surface area (Å²) in [5.41, 5.74) is 2.44. The van der Waals surface area contributed by atoms with Gasteiger partial charge in [0, 0.05) is 19.4 Å². The highest BCUT2D eigenvalue weighted by molar-refractivity contribution is 5.88. The van der Waals surface area contributed by atoms with Crippen molar-refractivity contribution < 1.29 is 9.84 Å². The molecule has 2 aromatic carbocycles. The van der Waals surface area contributed by atoms with Crippen molar-refractivity contribution in [3.63, 3.8) is 0 Å². The van der Waals surface area contributed by atoms with Crippen LogP contribution in [-0.4, -0.2) is 36.7 Å². The zero-order chi connectivity index (χ0) is 16.4. The molecule has 124 valence electrons. The van der Waals surface area contributed by atoms with Crippen LogP contribution in [0.4, 0.5) is 0 Å². The second-order valence-electron chi connectivity index (χ2n) is 6.48. The molecule has 4 heteroatoms. The Bertz CT molecular complexity index is 727. The highest BCUT2D eigenvalue weighted by Crippen LogP contribution is 2.36. The average molecular weight is 322 g/mol. The first-order valence-corrected chi connectivity index (χ1v) is 8.53. The van der Waals surface area contributed by atoms with Gasteiger partial charge in [-0.25, -0.2) is 0 Å². The number of nitrogens with one attached hydrogen (secondary N) is 1. The minimum absolute atomic E-state index is 0.139. The van der Waals surface area contributed by atoms with E-state index in [0.29, 0.717) is 19.4 Å². The molecule has 0 saturated carbocycles. The van der Waals surface area contributed by atoms with Crippen LogP contribution in [0.3, 0.4) is 0 Å². The third-order valence-corrected chi connectivity index (χ3v) is 4.89. The van der Waals surface area contributed by atoms with Crippen LogP contribution in [-0.2, 0) is 10.3 Å². The number of amidine groups is 1. The molecule has 1 fully saturated rings. The number of hydrogen-bond acceptors (Lipinski definition) is 4. The normalized spacial score (nSPS) is 26.7. The maximum atomic E-state index is 11.2. The molecule has 4 rings (SSSR count). The highest BCUT2D eigenvalue weighted by atomic mass is 16.5. The molecule has 4 nitrogen and oxygen atoms in total. The summed E-state index contributed by atoms with van der Waals surface area (Å²) in [6.45, 7) is 2.20. The molecule has 2 N–H and O–H groups in total. The maximum Gasteiger partial charge on any atom is 0.126 e. The largest absolute Gasteiger partial charge is 0.385 e. The van der Waals surface area contributed by atoms with Crippen molar-refractivity contribution >= 4 is 5.84 Å². The second-order valence-corrected chi connectivity index (χ2v) is 6.48. The summed E-state index contributed by atoms with van der Waals surface area (Å²) in [5.74, 6) is 0.883. The Morgan fingerprint density at radius 2 is 1.79 bits per heavy atom. The molecule has 0 spiro atoms. The van der Waals surface area contributed by atoms with Crippen molar-refractivity contribution in [1.29, 1.82) is 0 Å². The van der Waals surface area contributed by atoms with E-state index in [1.807, 2.05) is 30.3 Å². The molecule has 2 atom stereocenters. The second kappa shape index (κ2) is 6.38. The number of aliphatic hydroxyl groups is 1. The van der Waals surface area contributed by atoms with Gasteiger partial charge in [-0.15, -0.1) is 0 Å². The number of benzene rings is 2. The maximum absolute atomic E-state index is 11.2. The van der Waals surface area contributed by atoms with Crippen molar-refractivity contribution in [2.24, 2.45) is 4.99 Å². The molecule has 2 unspecified atom stereocenters. The third-order valence-electron chi connectivity index (χ3n) is 4.89. The summed E-state index contributed by atoms with van der Waals surface area (Å²) in [5, 5.41) is 14.4. The van der Waals surface area contributed by atoms with E-state index in [2.05, 4.69) is 34.6 Å². The van der Waals surface area contributed by atoms with Crippen LogP contribution in [0.1, 0.15) is 18.4 Å². The molecule has 0 amide bonds. The fourth-order valence-electron chi connectivity index (χ4n) is 3.51. The van der Waals surface area contributed by atoms with E-state index in [9.17, 15) is 5.11 Å². The monoisotopic (exact) mass is 322 g/mol. The smallest absolute Gasteiger partial charge is 0.126 e. The topological polar surface area (TPSA) is 53.9 Å². The van der Waals surface area contributed by atoms with Crippen LogP contribution in [0.15, 0.2) is 59.6 Å². The fraction of sp³-hybridized carbons (Fsp3) is 0.350. The summed E-state index contributed by atoms with van der Waals surface area (Å²) in [6, 6.07) is 18.5. The molecule has 1 saturated heterocycles. The van der Waals surface area contributed by atoms with Gasteiger partial charge in [-0.3, -0.25) is 4.99 Å². The van der Waals surface area contributed by atoms with E-state index in [1.54, 1.807) is 0 Å². The van der Waals surface area contributed by atoms with Crippen LogP contribution in [0.5, 0.6) is 0 Å². The lowest BCUT2D eigenvalue weighted by atomic mass is 9.83. The number of ether oxygens (including phenoxy) is 1. The zero-order valence-electron chi connectivity index (χ0n) is 13.6. The number of rotatable bonds is 3. The van der Waals surface area contributed by atoms with Crippen LogP contribution < -0.4 is 5.32 Å². The van der Waals surface area contributed by atoms with Gasteiger partial charge in [-0.05, 0) is 16.7 Å². The van der Waals surface area contributed by atoms with Gasteiger partial charge in [0.2, 0.25) is 0 Å². The molecular weight excluding hydrogens is 300 g/mol. The molecule has 2 aliphatic rings. The van der Waals surface area contributed by atoms with Crippen LogP contribution in [0.25, 0.3) is 11.1 Å². The van der Waals surface area contributed by atoms with E-state index in [0.717, 1.165) is 30.1 Å². The third kappa shape index (κ3) is 2.95. The summed E-state index contributed by atoms with van der Waals surface area (Å²) in [4.78, 5) is 4.44. The fourth-order valence-corrected chi connectivity index (χ4v) is 3.51. The van der Waals surface area contributed by atoms with Gasteiger partial charge in [0.05, 0.1) is 18.8 Å².